The Hall–Kier alpha value is -3.07. The number of hydrogen-bond acceptors (Lipinski definition) is 5. The maximum Gasteiger partial charge on any atom is 0.412 e. The van der Waals surface area contributed by atoms with Gasteiger partial charge in [-0.3, -0.25) is 9.72 Å². The van der Waals surface area contributed by atoms with E-state index in [1.54, 1.807) is 11.3 Å². The second-order valence-electron chi connectivity index (χ2n) is 8.02. The van der Waals surface area contributed by atoms with Gasteiger partial charge < -0.3 is 15.4 Å². The fourth-order valence-corrected chi connectivity index (χ4v) is 3.57. The molecule has 166 valence electrons. The van der Waals surface area contributed by atoms with Crippen LogP contribution in [0.2, 0.25) is 0 Å². The van der Waals surface area contributed by atoms with E-state index in [0.717, 1.165) is 41.7 Å². The Kier molecular flexibility index (Phi) is 7.51. The molecular formula is C22H30N6O2S. The Bertz CT molecular complexity index is 988. The topological polar surface area (TPSA) is 92.0 Å². The normalized spacial score (nSPS) is 12.1. The maximum absolute atomic E-state index is 11.9. The number of anilines is 1. The number of aliphatic imine (C=N–C) groups is 1. The van der Waals surface area contributed by atoms with Gasteiger partial charge in [0.1, 0.15) is 5.60 Å². The minimum Gasteiger partial charge on any atom is -0.444 e. The summed E-state index contributed by atoms with van der Waals surface area (Å²) in [4.78, 5) is 22.0. The molecule has 0 aliphatic heterocycles. The molecule has 3 N–H and O–H groups in total. The molecule has 0 unspecified atom stereocenters. The van der Waals surface area contributed by atoms with Gasteiger partial charge >= 0.3 is 6.09 Å². The first-order valence-corrected chi connectivity index (χ1v) is 11.2. The number of ether oxygens (including phenoxy) is 1. The van der Waals surface area contributed by atoms with E-state index >= 15 is 0 Å². The van der Waals surface area contributed by atoms with Crippen LogP contribution < -0.4 is 16.0 Å². The number of nitrogens with one attached hydrogen (secondary N) is 3. The van der Waals surface area contributed by atoms with E-state index in [9.17, 15) is 4.79 Å². The molecule has 0 radical (unpaired) electrons. The van der Waals surface area contributed by atoms with E-state index in [0.29, 0.717) is 12.2 Å². The summed E-state index contributed by atoms with van der Waals surface area (Å²) in [5.74, 6) is 0.766. The van der Waals surface area contributed by atoms with Crippen LogP contribution in [0.15, 0.2) is 47.0 Å². The van der Waals surface area contributed by atoms with Gasteiger partial charge in [-0.05, 0) is 51.8 Å². The second kappa shape index (κ2) is 10.3. The number of benzene rings is 1. The highest BCUT2D eigenvalue weighted by atomic mass is 32.1. The molecule has 0 atom stereocenters. The summed E-state index contributed by atoms with van der Waals surface area (Å²) in [5, 5.41) is 11.4. The number of imidazole rings is 1. The molecular weight excluding hydrogens is 412 g/mol. The molecule has 0 aliphatic rings. The monoisotopic (exact) mass is 442 g/mol. The number of carbonyl (C=O) groups excluding carboxylic acids is 1. The van der Waals surface area contributed by atoms with Crippen LogP contribution in [0.1, 0.15) is 39.0 Å². The Balaban J connectivity index is 1.47. The molecule has 0 bridgehead atoms. The molecule has 3 rings (SSSR count). The van der Waals surface area contributed by atoms with E-state index in [1.165, 1.54) is 0 Å². The van der Waals surface area contributed by atoms with Gasteiger partial charge in [0.25, 0.3) is 0 Å². The lowest BCUT2D eigenvalue weighted by Gasteiger charge is -2.19. The Labute approximate surface area is 186 Å². The largest absolute Gasteiger partial charge is 0.444 e. The number of nitrogens with zero attached hydrogens (tertiary/aromatic N) is 3. The molecule has 0 aliphatic carbocycles. The Morgan fingerprint density at radius 3 is 2.68 bits per heavy atom. The van der Waals surface area contributed by atoms with Crippen LogP contribution >= 0.6 is 11.3 Å². The number of thiazole rings is 1. The quantitative estimate of drug-likeness (QED) is 0.379. The van der Waals surface area contributed by atoms with Crippen LogP contribution in [0.5, 0.6) is 0 Å². The van der Waals surface area contributed by atoms with Gasteiger partial charge in [0, 0.05) is 36.6 Å². The number of aromatic nitrogens is 2. The van der Waals surface area contributed by atoms with Crippen LogP contribution in [0, 0.1) is 0 Å². The maximum atomic E-state index is 11.9. The highest BCUT2D eigenvalue weighted by Gasteiger charge is 2.16. The van der Waals surface area contributed by atoms with Crippen LogP contribution in [0.25, 0.3) is 4.96 Å². The SMILES string of the molecule is CCNC(=NCc1cn2ccsc2n1)NCCc1ccc(NC(=O)OC(C)(C)C)cc1. The number of hydrogen-bond donors (Lipinski definition) is 3. The van der Waals surface area contributed by atoms with Gasteiger partial charge in [-0.2, -0.15) is 0 Å². The minimum atomic E-state index is -0.519. The zero-order chi connectivity index (χ0) is 22.3. The Morgan fingerprint density at radius 1 is 1.23 bits per heavy atom. The smallest absolute Gasteiger partial charge is 0.412 e. The summed E-state index contributed by atoms with van der Waals surface area (Å²) in [6, 6.07) is 7.75. The third-order valence-electron chi connectivity index (χ3n) is 4.19. The first-order valence-electron chi connectivity index (χ1n) is 10.3. The van der Waals surface area contributed by atoms with Gasteiger partial charge in [-0.25, -0.2) is 14.8 Å². The standard InChI is InChI=1S/C22H30N6O2S/c1-5-23-19(25-14-18-15-28-12-13-31-20(28)26-18)24-11-10-16-6-8-17(9-7-16)27-21(29)30-22(2,3)4/h6-9,12-13,15H,5,10-11,14H2,1-4H3,(H,27,29)(H2,23,24,25). The average molecular weight is 443 g/mol. The third-order valence-corrected chi connectivity index (χ3v) is 4.96. The van der Waals surface area contributed by atoms with E-state index in [2.05, 4.69) is 25.9 Å². The van der Waals surface area contributed by atoms with Crippen molar-refractivity contribution in [2.24, 2.45) is 4.99 Å². The third kappa shape index (κ3) is 7.29. The lowest BCUT2D eigenvalue weighted by molar-refractivity contribution is 0.0636. The molecule has 0 saturated carbocycles. The molecule has 3 aromatic rings. The fourth-order valence-electron chi connectivity index (χ4n) is 2.86. The van der Waals surface area contributed by atoms with E-state index in [1.807, 2.05) is 74.1 Å². The van der Waals surface area contributed by atoms with Crippen LogP contribution in [0.4, 0.5) is 10.5 Å². The summed E-state index contributed by atoms with van der Waals surface area (Å²) in [5.41, 5.74) is 2.29. The molecule has 0 spiro atoms. The number of guanidine groups is 1. The van der Waals surface area contributed by atoms with Crippen molar-refractivity contribution < 1.29 is 9.53 Å². The molecule has 0 fully saturated rings. The van der Waals surface area contributed by atoms with Crippen molar-refractivity contribution in [1.29, 1.82) is 0 Å². The van der Waals surface area contributed by atoms with Crippen molar-refractivity contribution in [2.45, 2.75) is 46.3 Å². The molecule has 1 aromatic carbocycles. The molecule has 31 heavy (non-hydrogen) atoms. The summed E-state index contributed by atoms with van der Waals surface area (Å²) in [6.45, 7) is 9.61. The molecule has 0 saturated heterocycles. The number of rotatable bonds is 7. The summed E-state index contributed by atoms with van der Waals surface area (Å²) in [6.07, 6.45) is 4.38. The van der Waals surface area contributed by atoms with Crippen molar-refractivity contribution in [1.82, 2.24) is 20.0 Å². The predicted molar refractivity (Wildman–Crippen MR) is 126 cm³/mol. The van der Waals surface area contributed by atoms with Gasteiger partial charge in [0.05, 0.1) is 12.2 Å². The Morgan fingerprint density at radius 2 is 2.00 bits per heavy atom. The van der Waals surface area contributed by atoms with Gasteiger partial charge in [0.15, 0.2) is 10.9 Å². The predicted octanol–water partition coefficient (Wildman–Crippen LogP) is 4.04. The van der Waals surface area contributed by atoms with Crippen LogP contribution in [-0.4, -0.2) is 40.1 Å². The van der Waals surface area contributed by atoms with Crippen molar-refractivity contribution >= 4 is 34.0 Å². The zero-order valence-corrected chi connectivity index (χ0v) is 19.3. The molecule has 1 amide bonds. The number of amides is 1. The first kappa shape index (κ1) is 22.6. The summed E-state index contributed by atoms with van der Waals surface area (Å²) >= 11 is 1.61. The van der Waals surface area contributed by atoms with Crippen molar-refractivity contribution in [3.05, 3.63) is 53.3 Å². The lowest BCUT2D eigenvalue weighted by atomic mass is 10.1. The minimum absolute atomic E-state index is 0.453. The average Bonchev–Trinajstić information content (AvgIpc) is 3.28. The first-order chi connectivity index (χ1) is 14.8. The fraction of sp³-hybridized carbons (Fsp3) is 0.409. The lowest BCUT2D eigenvalue weighted by Crippen LogP contribution is -2.38. The van der Waals surface area contributed by atoms with Gasteiger partial charge in [-0.15, -0.1) is 11.3 Å². The van der Waals surface area contributed by atoms with Crippen molar-refractivity contribution in [3.8, 4) is 0 Å². The highest BCUT2D eigenvalue weighted by molar-refractivity contribution is 7.15. The van der Waals surface area contributed by atoms with Crippen molar-refractivity contribution in [2.75, 3.05) is 18.4 Å². The number of fused-ring (bicyclic) bond motifs is 1. The summed E-state index contributed by atoms with van der Waals surface area (Å²) < 4.78 is 7.28. The van der Waals surface area contributed by atoms with E-state index in [-0.39, 0.29) is 0 Å². The van der Waals surface area contributed by atoms with Crippen LogP contribution in [-0.2, 0) is 17.7 Å². The van der Waals surface area contributed by atoms with Crippen LogP contribution in [0.3, 0.4) is 0 Å². The molecule has 2 heterocycles. The number of carbonyl (C=O) groups is 1. The zero-order valence-electron chi connectivity index (χ0n) is 18.4. The van der Waals surface area contributed by atoms with Crippen molar-refractivity contribution in [3.63, 3.8) is 0 Å². The molecule has 9 heteroatoms. The highest BCUT2D eigenvalue weighted by Crippen LogP contribution is 2.14. The van der Waals surface area contributed by atoms with E-state index in [4.69, 9.17) is 4.74 Å². The van der Waals surface area contributed by atoms with Gasteiger partial charge in [-0.1, -0.05) is 12.1 Å². The summed E-state index contributed by atoms with van der Waals surface area (Å²) in [7, 11) is 0. The van der Waals surface area contributed by atoms with Gasteiger partial charge in [0.2, 0.25) is 0 Å². The second-order valence-corrected chi connectivity index (χ2v) is 8.89. The molecule has 8 nitrogen and oxygen atoms in total. The molecule has 2 aromatic heterocycles. The van der Waals surface area contributed by atoms with E-state index < -0.39 is 11.7 Å².